The Labute approximate surface area is 81.9 Å². The van der Waals surface area contributed by atoms with Crippen LogP contribution >= 0.6 is 0 Å². The molecule has 4 heteroatoms. The van der Waals surface area contributed by atoms with Gasteiger partial charge < -0.3 is 9.88 Å². The first-order chi connectivity index (χ1) is 6.74. The molecule has 74 valence electrons. The van der Waals surface area contributed by atoms with Gasteiger partial charge in [-0.3, -0.25) is 9.59 Å². The lowest BCUT2D eigenvalue weighted by Crippen LogP contribution is -2.25. The third-order valence-corrected chi connectivity index (χ3v) is 2.46. The van der Waals surface area contributed by atoms with Crippen LogP contribution in [-0.2, 0) is 6.54 Å². The molecular formula is C10H12N2O2. The van der Waals surface area contributed by atoms with Crippen LogP contribution < -0.4 is 5.32 Å². The number of amides is 1. The minimum Gasteiger partial charge on any atom is -0.350 e. The van der Waals surface area contributed by atoms with Crippen molar-refractivity contribution in [1.29, 1.82) is 0 Å². The molecule has 0 atom stereocenters. The van der Waals surface area contributed by atoms with E-state index in [2.05, 4.69) is 5.32 Å². The molecule has 1 aromatic heterocycles. The molecule has 0 radical (unpaired) electrons. The Morgan fingerprint density at radius 3 is 3.00 bits per heavy atom. The van der Waals surface area contributed by atoms with Crippen LogP contribution in [0.5, 0.6) is 0 Å². The van der Waals surface area contributed by atoms with Crippen molar-refractivity contribution in [3.63, 3.8) is 0 Å². The van der Waals surface area contributed by atoms with E-state index in [1.54, 1.807) is 16.8 Å². The second-order valence-corrected chi connectivity index (χ2v) is 3.29. The van der Waals surface area contributed by atoms with Crippen LogP contribution in [0.4, 0.5) is 0 Å². The van der Waals surface area contributed by atoms with Crippen molar-refractivity contribution in [2.45, 2.75) is 19.9 Å². The summed E-state index contributed by atoms with van der Waals surface area (Å²) in [6.45, 7) is 3.09. The molecule has 0 saturated carbocycles. The van der Waals surface area contributed by atoms with Gasteiger partial charge in [-0.05, 0) is 13.0 Å². The van der Waals surface area contributed by atoms with Gasteiger partial charge in [-0.2, -0.15) is 0 Å². The Bertz CT molecular complexity index is 393. The molecule has 0 aliphatic carbocycles. The maximum absolute atomic E-state index is 11.6. The van der Waals surface area contributed by atoms with Gasteiger partial charge in [0.1, 0.15) is 5.69 Å². The Kier molecular flexibility index (Phi) is 2.11. The van der Waals surface area contributed by atoms with Crippen molar-refractivity contribution < 1.29 is 9.59 Å². The lowest BCUT2D eigenvalue weighted by molar-refractivity contribution is 0.0947. The molecule has 0 bridgehead atoms. The molecule has 0 aromatic carbocycles. The molecule has 0 fully saturated rings. The van der Waals surface area contributed by atoms with Crippen LogP contribution in [0, 0.1) is 0 Å². The van der Waals surface area contributed by atoms with Gasteiger partial charge in [0.05, 0.1) is 0 Å². The summed E-state index contributed by atoms with van der Waals surface area (Å²) in [6, 6.07) is 1.73. The zero-order chi connectivity index (χ0) is 10.1. The maximum Gasteiger partial charge on any atom is 0.268 e. The number of carbonyl (C=O) groups is 2. The fourth-order valence-electron chi connectivity index (χ4n) is 1.72. The average Bonchev–Trinajstić information content (AvgIpc) is 2.55. The molecule has 1 aliphatic rings. The van der Waals surface area contributed by atoms with Crippen molar-refractivity contribution in [3.8, 4) is 0 Å². The molecular weight excluding hydrogens is 180 g/mol. The number of hydrogen-bond donors (Lipinski definition) is 1. The summed E-state index contributed by atoms with van der Waals surface area (Å²) in [5.41, 5.74) is 1.07. The van der Waals surface area contributed by atoms with E-state index >= 15 is 0 Å². The highest BCUT2D eigenvalue weighted by Crippen LogP contribution is 2.15. The normalized spacial score (nSPS) is 16.1. The zero-order valence-corrected chi connectivity index (χ0v) is 8.04. The van der Waals surface area contributed by atoms with E-state index in [1.807, 2.05) is 6.92 Å². The highest BCUT2D eigenvalue weighted by atomic mass is 16.2. The summed E-state index contributed by atoms with van der Waals surface area (Å²) in [6.07, 6.45) is 2.18. The average molecular weight is 192 g/mol. The summed E-state index contributed by atoms with van der Waals surface area (Å²) in [5, 5.41) is 2.71. The topological polar surface area (TPSA) is 51.1 Å². The summed E-state index contributed by atoms with van der Waals surface area (Å²) < 4.78 is 1.80. The van der Waals surface area contributed by atoms with E-state index in [4.69, 9.17) is 0 Å². The van der Waals surface area contributed by atoms with Crippen LogP contribution in [0.3, 0.4) is 0 Å². The number of carbonyl (C=O) groups excluding carboxylic acids is 2. The zero-order valence-electron chi connectivity index (χ0n) is 8.04. The van der Waals surface area contributed by atoms with E-state index in [1.165, 1.54) is 0 Å². The summed E-state index contributed by atoms with van der Waals surface area (Å²) in [4.78, 5) is 23.2. The minimum absolute atomic E-state index is 0.0468. The molecule has 1 amide bonds. The first kappa shape index (κ1) is 8.99. The highest BCUT2D eigenvalue weighted by molar-refractivity contribution is 6.08. The maximum atomic E-state index is 11.6. The lowest BCUT2D eigenvalue weighted by Gasteiger charge is -2.04. The summed E-state index contributed by atoms with van der Waals surface area (Å²) in [5.74, 6) is -0.0942. The molecule has 2 heterocycles. The molecule has 0 spiro atoms. The number of aromatic nitrogens is 1. The number of fused-ring (bicyclic) bond motifs is 1. The lowest BCUT2D eigenvalue weighted by atomic mass is 10.1. The fraction of sp³-hybridized carbons (Fsp3) is 0.400. The van der Waals surface area contributed by atoms with E-state index in [9.17, 15) is 9.59 Å². The molecule has 14 heavy (non-hydrogen) atoms. The van der Waals surface area contributed by atoms with Crippen molar-refractivity contribution >= 4 is 11.7 Å². The number of Topliss-reactive ketones (excluding diaryl/α,β-unsaturated/α-hetero) is 1. The molecule has 2 rings (SSSR count). The Balaban J connectivity index is 2.56. The number of nitrogens with one attached hydrogen (secondary N) is 1. The quantitative estimate of drug-likeness (QED) is 0.716. The van der Waals surface area contributed by atoms with Crippen LogP contribution in [0.15, 0.2) is 12.3 Å². The molecule has 0 unspecified atom stereocenters. The second kappa shape index (κ2) is 3.29. The van der Waals surface area contributed by atoms with Crippen LogP contribution in [-0.4, -0.2) is 22.8 Å². The monoisotopic (exact) mass is 192 g/mol. The summed E-state index contributed by atoms with van der Waals surface area (Å²) in [7, 11) is 0. The van der Waals surface area contributed by atoms with Gasteiger partial charge in [-0.1, -0.05) is 0 Å². The number of rotatable bonds is 1. The first-order valence-electron chi connectivity index (χ1n) is 4.74. The predicted molar refractivity (Wildman–Crippen MR) is 51.4 cm³/mol. The highest BCUT2D eigenvalue weighted by Gasteiger charge is 2.23. The van der Waals surface area contributed by atoms with E-state index in [0.29, 0.717) is 30.8 Å². The third kappa shape index (κ3) is 1.23. The Morgan fingerprint density at radius 2 is 2.29 bits per heavy atom. The van der Waals surface area contributed by atoms with Gasteiger partial charge in [0.25, 0.3) is 5.91 Å². The van der Waals surface area contributed by atoms with Crippen LogP contribution in [0.25, 0.3) is 0 Å². The van der Waals surface area contributed by atoms with E-state index < -0.39 is 0 Å². The standard InChI is InChI=1S/C10H12N2O2/c1-2-12-6-4-7-8(13)3-5-11-10(14)9(7)12/h4,6H,2-3,5H2,1H3,(H,11,14). The van der Waals surface area contributed by atoms with Gasteiger partial charge in [-0.25, -0.2) is 0 Å². The van der Waals surface area contributed by atoms with Gasteiger partial charge in [0.2, 0.25) is 0 Å². The largest absolute Gasteiger partial charge is 0.350 e. The van der Waals surface area contributed by atoms with Crippen molar-refractivity contribution in [3.05, 3.63) is 23.5 Å². The first-order valence-corrected chi connectivity index (χ1v) is 4.74. The predicted octanol–water partition coefficient (Wildman–Crippen LogP) is 0.824. The molecule has 4 nitrogen and oxygen atoms in total. The fourth-order valence-corrected chi connectivity index (χ4v) is 1.72. The van der Waals surface area contributed by atoms with Crippen LogP contribution in [0.1, 0.15) is 34.2 Å². The Hall–Kier alpha value is -1.58. The van der Waals surface area contributed by atoms with Gasteiger partial charge in [-0.15, -0.1) is 0 Å². The van der Waals surface area contributed by atoms with Gasteiger partial charge >= 0.3 is 0 Å². The Morgan fingerprint density at radius 1 is 1.50 bits per heavy atom. The van der Waals surface area contributed by atoms with Gasteiger partial charge in [0.15, 0.2) is 5.78 Å². The number of ketones is 1. The smallest absolute Gasteiger partial charge is 0.268 e. The second-order valence-electron chi connectivity index (χ2n) is 3.29. The molecule has 1 aromatic rings. The van der Waals surface area contributed by atoms with Crippen molar-refractivity contribution in [1.82, 2.24) is 9.88 Å². The minimum atomic E-state index is -0.141. The van der Waals surface area contributed by atoms with E-state index in [-0.39, 0.29) is 11.7 Å². The third-order valence-electron chi connectivity index (χ3n) is 2.46. The van der Waals surface area contributed by atoms with Crippen molar-refractivity contribution in [2.24, 2.45) is 0 Å². The SMILES string of the molecule is CCn1ccc2c1C(=O)NCCC2=O. The molecule has 0 saturated heterocycles. The van der Waals surface area contributed by atoms with Gasteiger partial charge in [0, 0.05) is 31.3 Å². The molecule has 1 aliphatic heterocycles. The molecule has 1 N–H and O–H groups in total. The number of hydrogen-bond acceptors (Lipinski definition) is 2. The number of aryl methyl sites for hydroxylation is 1. The van der Waals surface area contributed by atoms with Crippen molar-refractivity contribution in [2.75, 3.05) is 6.54 Å². The van der Waals surface area contributed by atoms with Crippen LogP contribution in [0.2, 0.25) is 0 Å². The number of nitrogens with zero attached hydrogens (tertiary/aromatic N) is 1. The summed E-state index contributed by atoms with van der Waals surface area (Å²) >= 11 is 0. The van der Waals surface area contributed by atoms with E-state index in [0.717, 1.165) is 0 Å².